The first-order valence-electron chi connectivity index (χ1n) is 9.16. The maximum atomic E-state index is 13.2. The van der Waals surface area contributed by atoms with Gasteiger partial charge >= 0.3 is 12.4 Å². The van der Waals surface area contributed by atoms with Crippen LogP contribution < -0.4 is 4.90 Å². The van der Waals surface area contributed by atoms with Gasteiger partial charge in [-0.05, 0) is 63.0 Å². The zero-order valence-corrected chi connectivity index (χ0v) is 17.1. The zero-order chi connectivity index (χ0) is 22.1. The molecule has 0 unspecified atom stereocenters. The van der Waals surface area contributed by atoms with Crippen molar-refractivity contribution < 1.29 is 26.3 Å². The van der Waals surface area contributed by atoms with Crippen molar-refractivity contribution in [3.05, 3.63) is 41.7 Å². The Morgan fingerprint density at radius 2 is 1.67 bits per heavy atom. The molecule has 2 heterocycles. The summed E-state index contributed by atoms with van der Waals surface area (Å²) in [6.45, 7) is 1.26. The molecule has 1 saturated heterocycles. The molecule has 2 aromatic rings. The number of piperidine rings is 1. The standard InChI is InChI=1S/C19H20F6N4S/c1-28(2)13-6-9-29(10-7-13)14-4-3-12(18(20,21)22)11-15(14)30-17-26-8-5-16(27-17)19(23,24)25/h3-5,8,11,13H,6-7,9-10H2,1-2H3. The highest BCUT2D eigenvalue weighted by Gasteiger charge is 2.34. The SMILES string of the molecule is CN(C)C1CCN(c2ccc(C(F)(F)F)cc2Sc2nccc(C(F)(F)F)n2)CC1. The smallest absolute Gasteiger partial charge is 0.371 e. The second-order valence-corrected chi connectivity index (χ2v) is 8.20. The lowest BCUT2D eigenvalue weighted by atomic mass is 10.0. The Morgan fingerprint density at radius 1 is 1.00 bits per heavy atom. The molecule has 0 atom stereocenters. The predicted octanol–water partition coefficient (Wildman–Crippen LogP) is 5.20. The summed E-state index contributed by atoms with van der Waals surface area (Å²) in [5.41, 5.74) is -1.48. The Hall–Kier alpha value is -2.01. The molecule has 30 heavy (non-hydrogen) atoms. The van der Waals surface area contributed by atoms with Crippen molar-refractivity contribution in [2.24, 2.45) is 0 Å². The molecule has 1 aliphatic heterocycles. The Labute approximate surface area is 174 Å². The van der Waals surface area contributed by atoms with Crippen molar-refractivity contribution in [2.45, 2.75) is 41.3 Å². The fraction of sp³-hybridized carbons (Fsp3) is 0.474. The van der Waals surface area contributed by atoms with E-state index in [0.717, 1.165) is 37.2 Å². The molecule has 3 rings (SSSR count). The van der Waals surface area contributed by atoms with Crippen LogP contribution in [0.3, 0.4) is 0 Å². The third-order valence-corrected chi connectivity index (χ3v) is 5.87. The van der Waals surface area contributed by atoms with Crippen LogP contribution in [-0.2, 0) is 12.4 Å². The maximum Gasteiger partial charge on any atom is 0.433 e. The normalized spacial score (nSPS) is 16.4. The van der Waals surface area contributed by atoms with E-state index >= 15 is 0 Å². The number of hydrogen-bond acceptors (Lipinski definition) is 5. The molecule has 0 spiro atoms. The molecule has 4 nitrogen and oxygen atoms in total. The third-order valence-electron chi connectivity index (χ3n) is 4.95. The Balaban J connectivity index is 1.93. The first kappa shape index (κ1) is 22.7. The fourth-order valence-corrected chi connectivity index (χ4v) is 4.24. The van der Waals surface area contributed by atoms with Crippen LogP contribution in [0.2, 0.25) is 0 Å². The lowest BCUT2D eigenvalue weighted by Gasteiger charge is -2.37. The number of rotatable bonds is 4. The van der Waals surface area contributed by atoms with Crippen LogP contribution in [0.15, 0.2) is 40.5 Å². The van der Waals surface area contributed by atoms with Gasteiger partial charge in [0.15, 0.2) is 5.16 Å². The topological polar surface area (TPSA) is 32.3 Å². The fourth-order valence-electron chi connectivity index (χ4n) is 3.30. The van der Waals surface area contributed by atoms with Crippen molar-refractivity contribution in [1.29, 1.82) is 0 Å². The van der Waals surface area contributed by atoms with Gasteiger partial charge in [-0.2, -0.15) is 26.3 Å². The second kappa shape index (κ2) is 8.62. The predicted molar refractivity (Wildman–Crippen MR) is 102 cm³/mol. The van der Waals surface area contributed by atoms with Gasteiger partial charge in [-0.1, -0.05) is 0 Å². The van der Waals surface area contributed by atoms with Crippen LogP contribution in [0.1, 0.15) is 24.1 Å². The summed E-state index contributed by atoms with van der Waals surface area (Å²) in [6.07, 6.45) is -6.62. The number of nitrogens with zero attached hydrogens (tertiary/aromatic N) is 4. The molecule has 1 aliphatic rings. The van der Waals surface area contributed by atoms with Gasteiger partial charge in [-0.3, -0.25) is 0 Å². The summed E-state index contributed by atoms with van der Waals surface area (Å²) in [7, 11) is 3.95. The van der Waals surface area contributed by atoms with E-state index in [9.17, 15) is 26.3 Å². The quantitative estimate of drug-likeness (QED) is 0.473. The van der Waals surface area contributed by atoms with Crippen molar-refractivity contribution >= 4 is 17.4 Å². The van der Waals surface area contributed by atoms with Gasteiger partial charge in [0.1, 0.15) is 5.69 Å². The van der Waals surface area contributed by atoms with E-state index in [1.165, 1.54) is 6.07 Å². The highest BCUT2D eigenvalue weighted by atomic mass is 32.2. The Bertz CT molecular complexity index is 876. The Morgan fingerprint density at radius 3 is 2.23 bits per heavy atom. The van der Waals surface area contributed by atoms with Crippen LogP contribution in [0, 0.1) is 0 Å². The summed E-state index contributed by atoms with van der Waals surface area (Å²) in [6, 6.07) is 4.41. The van der Waals surface area contributed by atoms with Gasteiger partial charge in [-0.15, -0.1) is 0 Å². The minimum Gasteiger partial charge on any atom is -0.371 e. The van der Waals surface area contributed by atoms with E-state index in [2.05, 4.69) is 14.9 Å². The number of alkyl halides is 6. The van der Waals surface area contributed by atoms with Crippen LogP contribution in [0.25, 0.3) is 0 Å². The molecular weight excluding hydrogens is 430 g/mol. The largest absolute Gasteiger partial charge is 0.433 e. The number of halogens is 6. The van der Waals surface area contributed by atoms with Gasteiger partial charge in [0.25, 0.3) is 0 Å². The number of hydrogen-bond donors (Lipinski definition) is 0. The van der Waals surface area contributed by atoms with Gasteiger partial charge < -0.3 is 9.80 Å². The summed E-state index contributed by atoms with van der Waals surface area (Å²) < 4.78 is 78.5. The van der Waals surface area contributed by atoms with E-state index in [-0.39, 0.29) is 10.1 Å². The zero-order valence-electron chi connectivity index (χ0n) is 16.3. The molecular formula is C19H20F6N4S. The van der Waals surface area contributed by atoms with E-state index in [0.29, 0.717) is 36.6 Å². The first-order chi connectivity index (χ1) is 13.9. The molecule has 1 aromatic heterocycles. The van der Waals surface area contributed by atoms with Gasteiger partial charge in [0.05, 0.1) is 11.3 Å². The van der Waals surface area contributed by atoms with E-state index in [4.69, 9.17) is 0 Å². The number of anilines is 1. The van der Waals surface area contributed by atoms with E-state index < -0.39 is 23.6 Å². The van der Waals surface area contributed by atoms with Crippen LogP contribution in [0.5, 0.6) is 0 Å². The minimum absolute atomic E-state index is 0.174. The number of benzene rings is 1. The Kier molecular flexibility index (Phi) is 6.51. The second-order valence-electron chi connectivity index (χ2n) is 7.19. The molecule has 0 saturated carbocycles. The average molecular weight is 450 g/mol. The minimum atomic E-state index is -4.66. The van der Waals surface area contributed by atoms with E-state index in [1.807, 2.05) is 19.0 Å². The molecule has 0 bridgehead atoms. The monoisotopic (exact) mass is 450 g/mol. The molecule has 0 radical (unpaired) electrons. The highest BCUT2D eigenvalue weighted by molar-refractivity contribution is 7.99. The van der Waals surface area contributed by atoms with Gasteiger partial charge in [-0.25, -0.2) is 9.97 Å². The van der Waals surface area contributed by atoms with E-state index in [1.54, 1.807) is 0 Å². The van der Waals surface area contributed by atoms with Gasteiger partial charge in [0, 0.05) is 30.2 Å². The molecule has 1 fully saturated rings. The maximum absolute atomic E-state index is 13.2. The molecule has 11 heteroatoms. The van der Waals surface area contributed by atoms with Crippen LogP contribution in [-0.4, -0.2) is 48.1 Å². The first-order valence-corrected chi connectivity index (χ1v) is 9.97. The average Bonchev–Trinajstić information content (AvgIpc) is 2.67. The lowest BCUT2D eigenvalue weighted by Crippen LogP contribution is -2.42. The van der Waals surface area contributed by atoms with Crippen LogP contribution >= 0.6 is 11.8 Å². The lowest BCUT2D eigenvalue weighted by molar-refractivity contribution is -0.141. The number of aromatic nitrogens is 2. The van der Waals surface area contributed by atoms with Crippen molar-refractivity contribution in [3.8, 4) is 0 Å². The molecule has 1 aromatic carbocycles. The molecule has 0 N–H and O–H groups in total. The molecule has 164 valence electrons. The highest BCUT2D eigenvalue weighted by Crippen LogP contribution is 2.40. The molecule has 0 amide bonds. The van der Waals surface area contributed by atoms with Crippen molar-refractivity contribution in [2.75, 3.05) is 32.1 Å². The summed E-state index contributed by atoms with van der Waals surface area (Å²) >= 11 is 0.701. The van der Waals surface area contributed by atoms with Gasteiger partial charge in [0.2, 0.25) is 0 Å². The molecule has 0 aliphatic carbocycles. The summed E-state index contributed by atoms with van der Waals surface area (Å²) in [4.78, 5) is 11.5. The summed E-state index contributed by atoms with van der Waals surface area (Å²) in [5.74, 6) is 0. The van der Waals surface area contributed by atoms with Crippen molar-refractivity contribution in [3.63, 3.8) is 0 Å². The third kappa shape index (κ3) is 5.37. The van der Waals surface area contributed by atoms with Crippen LogP contribution in [0.4, 0.5) is 32.0 Å². The summed E-state index contributed by atoms with van der Waals surface area (Å²) in [5, 5.41) is -0.256. The van der Waals surface area contributed by atoms with Crippen molar-refractivity contribution in [1.82, 2.24) is 14.9 Å².